The fourth-order valence-corrected chi connectivity index (χ4v) is 2.37. The topological polar surface area (TPSA) is 64.8 Å². The Hall–Kier alpha value is -1.67. The van der Waals surface area contributed by atoms with E-state index < -0.39 is 0 Å². The van der Waals surface area contributed by atoms with Gasteiger partial charge in [-0.25, -0.2) is 9.97 Å². The van der Waals surface area contributed by atoms with Gasteiger partial charge in [0, 0.05) is 31.5 Å². The second-order valence-electron chi connectivity index (χ2n) is 4.58. The maximum Gasteiger partial charge on any atom is 0.183 e. The molecule has 0 saturated carbocycles. The van der Waals surface area contributed by atoms with E-state index >= 15 is 0 Å². The summed E-state index contributed by atoms with van der Waals surface area (Å²) < 4.78 is 0. The highest BCUT2D eigenvalue weighted by Crippen LogP contribution is 2.17. The zero-order valence-electron chi connectivity index (χ0n) is 10.8. The molecule has 1 aromatic heterocycles. The molecule has 2 heterocycles. The maximum atomic E-state index is 9.10. The third-order valence-electron chi connectivity index (χ3n) is 3.18. The Morgan fingerprint density at radius 1 is 1.50 bits per heavy atom. The minimum Gasteiger partial charge on any atom is -0.353 e. The lowest BCUT2D eigenvalue weighted by Gasteiger charge is -2.26. The molecule has 1 aromatic rings. The molecule has 1 saturated heterocycles. The molecule has 0 aromatic carbocycles. The Labute approximate surface area is 108 Å². The lowest BCUT2D eigenvalue weighted by Crippen LogP contribution is -2.39. The van der Waals surface area contributed by atoms with Crippen molar-refractivity contribution in [3.8, 4) is 6.07 Å². The van der Waals surface area contributed by atoms with Crippen LogP contribution in [0.2, 0.25) is 0 Å². The minimum absolute atomic E-state index is 0.420. The monoisotopic (exact) mass is 245 g/mol. The zero-order chi connectivity index (χ0) is 12.8. The summed E-state index contributed by atoms with van der Waals surface area (Å²) in [7, 11) is 0. The summed E-state index contributed by atoms with van der Waals surface area (Å²) in [6.07, 6.45) is 6.69. The van der Waals surface area contributed by atoms with E-state index in [2.05, 4.69) is 33.2 Å². The highest BCUT2D eigenvalue weighted by Gasteiger charge is 2.20. The van der Waals surface area contributed by atoms with E-state index in [4.69, 9.17) is 5.26 Å². The van der Waals surface area contributed by atoms with Gasteiger partial charge in [0.05, 0.1) is 0 Å². The molecule has 1 aliphatic rings. The first-order valence-corrected chi connectivity index (χ1v) is 6.54. The molecule has 0 aliphatic carbocycles. The average Bonchev–Trinajstić information content (AvgIpc) is 2.91. The van der Waals surface area contributed by atoms with Gasteiger partial charge in [-0.15, -0.1) is 0 Å². The Bertz CT molecular complexity index is 420. The zero-order valence-corrected chi connectivity index (χ0v) is 10.8. The third kappa shape index (κ3) is 2.96. The summed E-state index contributed by atoms with van der Waals surface area (Å²) in [4.78, 5) is 10.6. The van der Waals surface area contributed by atoms with Gasteiger partial charge >= 0.3 is 0 Å². The summed E-state index contributed by atoms with van der Waals surface area (Å²) in [5.74, 6) is 0.718. The fraction of sp³-hybridized carbons (Fsp3) is 0.615. The van der Waals surface area contributed by atoms with E-state index in [0.29, 0.717) is 11.7 Å². The van der Waals surface area contributed by atoms with Crippen molar-refractivity contribution in [2.45, 2.75) is 32.2 Å². The summed E-state index contributed by atoms with van der Waals surface area (Å²) in [5.41, 5.74) is 0.420. The number of nitriles is 1. The summed E-state index contributed by atoms with van der Waals surface area (Å²) >= 11 is 0. The van der Waals surface area contributed by atoms with E-state index in [1.165, 1.54) is 12.8 Å². The van der Waals surface area contributed by atoms with Crippen molar-refractivity contribution >= 4 is 5.82 Å². The quantitative estimate of drug-likeness (QED) is 0.847. The van der Waals surface area contributed by atoms with E-state index in [1.54, 1.807) is 12.4 Å². The SMILES string of the molecule is CCCN(CC1CCCN1)c1nccnc1C#N. The van der Waals surface area contributed by atoms with E-state index in [1.807, 2.05) is 0 Å². The summed E-state index contributed by atoms with van der Waals surface area (Å²) in [5, 5.41) is 12.6. The van der Waals surface area contributed by atoms with Crippen molar-refractivity contribution in [2.24, 2.45) is 0 Å². The first kappa shape index (κ1) is 12.8. The Morgan fingerprint density at radius 2 is 2.33 bits per heavy atom. The molecule has 0 spiro atoms. The molecule has 1 N–H and O–H groups in total. The smallest absolute Gasteiger partial charge is 0.183 e. The van der Waals surface area contributed by atoms with Gasteiger partial charge in [-0.3, -0.25) is 0 Å². The molecule has 0 radical (unpaired) electrons. The fourth-order valence-electron chi connectivity index (χ4n) is 2.37. The van der Waals surface area contributed by atoms with Crippen LogP contribution in [0.25, 0.3) is 0 Å². The van der Waals surface area contributed by atoms with Crippen LogP contribution < -0.4 is 10.2 Å². The highest BCUT2D eigenvalue weighted by atomic mass is 15.2. The van der Waals surface area contributed by atoms with Crippen LogP contribution in [0.3, 0.4) is 0 Å². The molecule has 5 heteroatoms. The Morgan fingerprint density at radius 3 is 3.00 bits per heavy atom. The second-order valence-corrected chi connectivity index (χ2v) is 4.58. The van der Waals surface area contributed by atoms with Crippen LogP contribution in [-0.4, -0.2) is 35.6 Å². The molecule has 0 amide bonds. The molecule has 1 atom stereocenters. The minimum atomic E-state index is 0.420. The molecule has 0 bridgehead atoms. The lowest BCUT2D eigenvalue weighted by atomic mass is 10.2. The van der Waals surface area contributed by atoms with Crippen LogP contribution in [0.1, 0.15) is 31.9 Å². The predicted octanol–water partition coefficient (Wildman–Crippen LogP) is 1.32. The summed E-state index contributed by atoms with van der Waals surface area (Å²) in [6, 6.07) is 2.63. The number of rotatable bonds is 5. The van der Waals surface area contributed by atoms with Crippen molar-refractivity contribution in [2.75, 3.05) is 24.5 Å². The van der Waals surface area contributed by atoms with Crippen molar-refractivity contribution in [1.82, 2.24) is 15.3 Å². The van der Waals surface area contributed by atoms with Crippen molar-refractivity contribution in [1.29, 1.82) is 5.26 Å². The molecular weight excluding hydrogens is 226 g/mol. The third-order valence-corrected chi connectivity index (χ3v) is 3.18. The van der Waals surface area contributed by atoms with E-state index in [-0.39, 0.29) is 0 Å². The first-order chi connectivity index (χ1) is 8.85. The van der Waals surface area contributed by atoms with E-state index in [0.717, 1.165) is 31.9 Å². The number of aromatic nitrogens is 2. The van der Waals surface area contributed by atoms with Gasteiger partial charge in [-0.2, -0.15) is 5.26 Å². The molecule has 2 rings (SSSR count). The molecular formula is C13H19N5. The van der Waals surface area contributed by atoms with Crippen LogP contribution in [0, 0.1) is 11.3 Å². The molecule has 1 aliphatic heterocycles. The normalized spacial score (nSPS) is 18.6. The molecule has 18 heavy (non-hydrogen) atoms. The van der Waals surface area contributed by atoms with Crippen LogP contribution >= 0.6 is 0 Å². The second kappa shape index (κ2) is 6.31. The van der Waals surface area contributed by atoms with Crippen molar-refractivity contribution in [3.63, 3.8) is 0 Å². The van der Waals surface area contributed by atoms with Crippen molar-refractivity contribution in [3.05, 3.63) is 18.1 Å². The molecule has 5 nitrogen and oxygen atoms in total. The number of nitrogens with one attached hydrogen (secondary N) is 1. The predicted molar refractivity (Wildman–Crippen MR) is 70.3 cm³/mol. The Balaban J connectivity index is 2.15. The van der Waals surface area contributed by atoms with Gasteiger partial charge < -0.3 is 10.2 Å². The van der Waals surface area contributed by atoms with Crippen LogP contribution in [0.4, 0.5) is 5.82 Å². The van der Waals surface area contributed by atoms with Crippen LogP contribution in [0.5, 0.6) is 0 Å². The Kier molecular flexibility index (Phi) is 4.48. The molecule has 1 fully saturated rings. The van der Waals surface area contributed by atoms with Crippen molar-refractivity contribution < 1.29 is 0 Å². The van der Waals surface area contributed by atoms with Crippen LogP contribution in [0.15, 0.2) is 12.4 Å². The number of hydrogen-bond acceptors (Lipinski definition) is 5. The lowest BCUT2D eigenvalue weighted by molar-refractivity contribution is 0.574. The summed E-state index contributed by atoms with van der Waals surface area (Å²) in [6.45, 7) is 5.04. The van der Waals surface area contributed by atoms with Gasteiger partial charge in [0.15, 0.2) is 11.5 Å². The maximum absolute atomic E-state index is 9.10. The highest BCUT2D eigenvalue weighted by molar-refractivity contribution is 5.49. The largest absolute Gasteiger partial charge is 0.353 e. The van der Waals surface area contributed by atoms with Gasteiger partial charge in [0.1, 0.15) is 6.07 Å². The van der Waals surface area contributed by atoms with Gasteiger partial charge in [0.25, 0.3) is 0 Å². The van der Waals surface area contributed by atoms with Crippen LogP contribution in [-0.2, 0) is 0 Å². The van der Waals surface area contributed by atoms with Gasteiger partial charge in [-0.1, -0.05) is 6.92 Å². The standard InChI is InChI=1S/C13H19N5/c1-2-8-18(10-11-4-3-5-15-11)13-12(9-14)16-6-7-17-13/h6-7,11,15H,2-5,8,10H2,1H3. The number of hydrogen-bond donors (Lipinski definition) is 1. The van der Waals surface area contributed by atoms with Gasteiger partial charge in [0.2, 0.25) is 0 Å². The molecule has 1 unspecified atom stereocenters. The average molecular weight is 245 g/mol. The first-order valence-electron chi connectivity index (χ1n) is 6.54. The van der Waals surface area contributed by atoms with E-state index in [9.17, 15) is 0 Å². The molecule has 96 valence electrons. The van der Waals surface area contributed by atoms with Gasteiger partial charge in [-0.05, 0) is 25.8 Å². The number of nitrogens with zero attached hydrogens (tertiary/aromatic N) is 4. The number of anilines is 1.